The molecule has 122 valence electrons. The molecule has 4 heteroatoms. The lowest BCUT2D eigenvalue weighted by atomic mass is 10.0. The van der Waals surface area contributed by atoms with E-state index in [0.717, 1.165) is 28.5 Å². The summed E-state index contributed by atoms with van der Waals surface area (Å²) in [5.74, 6) is -0.432. The van der Waals surface area contributed by atoms with Crippen LogP contribution >= 0.6 is 0 Å². The van der Waals surface area contributed by atoms with Crippen LogP contribution in [0.15, 0.2) is 59.9 Å². The Kier molecular flexibility index (Phi) is 4.47. The van der Waals surface area contributed by atoms with Crippen LogP contribution in [0.5, 0.6) is 0 Å². The molecular weight excluding hydrogens is 300 g/mol. The summed E-state index contributed by atoms with van der Waals surface area (Å²) >= 11 is 0. The summed E-state index contributed by atoms with van der Waals surface area (Å²) in [7, 11) is 2.01. The maximum Gasteiger partial charge on any atom is 0.332 e. The van der Waals surface area contributed by atoms with Crippen molar-refractivity contribution in [1.82, 2.24) is 4.57 Å². The normalized spacial score (nSPS) is 11.7. The van der Waals surface area contributed by atoms with Gasteiger partial charge in [-0.15, -0.1) is 0 Å². The van der Waals surface area contributed by atoms with Crippen molar-refractivity contribution in [3.63, 3.8) is 0 Å². The van der Waals surface area contributed by atoms with Crippen LogP contribution in [0, 0.1) is 0 Å². The summed E-state index contributed by atoms with van der Waals surface area (Å²) in [4.78, 5) is 16.2. The van der Waals surface area contributed by atoms with E-state index in [1.807, 2.05) is 43.6 Å². The average Bonchev–Trinajstić information content (AvgIpc) is 2.92. The minimum Gasteiger partial charge on any atom is -0.350 e. The van der Waals surface area contributed by atoms with E-state index in [-0.39, 0.29) is 0 Å². The first-order valence-electron chi connectivity index (χ1n) is 7.99. The van der Waals surface area contributed by atoms with Gasteiger partial charge in [-0.2, -0.15) is 0 Å². The third kappa shape index (κ3) is 3.08. The predicted molar refractivity (Wildman–Crippen MR) is 96.1 cm³/mol. The average molecular weight is 320 g/mol. The van der Waals surface area contributed by atoms with Gasteiger partial charge in [-0.3, -0.25) is 0 Å². The molecule has 0 aliphatic rings. The molecule has 0 saturated heterocycles. The van der Waals surface area contributed by atoms with Crippen LogP contribution in [0.3, 0.4) is 0 Å². The largest absolute Gasteiger partial charge is 0.350 e. The van der Waals surface area contributed by atoms with Crippen LogP contribution in [0.4, 0.5) is 0 Å². The van der Waals surface area contributed by atoms with Gasteiger partial charge in [0.1, 0.15) is 5.71 Å². The summed E-state index contributed by atoms with van der Waals surface area (Å²) < 4.78 is 2.07. The van der Waals surface area contributed by atoms with Gasteiger partial charge >= 0.3 is 5.97 Å². The fraction of sp³-hybridized carbons (Fsp3) is 0.200. The van der Waals surface area contributed by atoms with E-state index >= 15 is 0 Å². The Morgan fingerprint density at radius 1 is 1.17 bits per heavy atom. The van der Waals surface area contributed by atoms with Gasteiger partial charge in [0.2, 0.25) is 0 Å². The second-order valence-corrected chi connectivity index (χ2v) is 5.75. The number of benzene rings is 2. The number of aryl methyl sites for hydroxylation is 2. The summed E-state index contributed by atoms with van der Waals surface area (Å²) in [5, 5.41) is 5.24. The standard InChI is InChI=1S/C20H20N2O2/c1-4-15-10-11-19-17(12-15)18(13-22(19)3)20(21-24-14(2)23)16-8-6-5-7-9-16/h5-13H,4H2,1-3H3/b21-20+. The third-order valence-electron chi connectivity index (χ3n) is 4.03. The Bertz CT molecular complexity index is 908. The van der Waals surface area contributed by atoms with Gasteiger partial charge < -0.3 is 9.40 Å². The molecular formula is C20H20N2O2. The lowest BCUT2D eigenvalue weighted by molar-refractivity contribution is -0.140. The Morgan fingerprint density at radius 3 is 2.58 bits per heavy atom. The van der Waals surface area contributed by atoms with Crippen LogP contribution in [0.25, 0.3) is 10.9 Å². The molecule has 3 rings (SSSR count). The van der Waals surface area contributed by atoms with Crippen LogP contribution in [0.1, 0.15) is 30.5 Å². The zero-order valence-electron chi connectivity index (χ0n) is 14.1. The highest BCUT2D eigenvalue weighted by Crippen LogP contribution is 2.25. The molecule has 2 aromatic carbocycles. The van der Waals surface area contributed by atoms with Crippen LogP contribution in [0.2, 0.25) is 0 Å². The number of nitrogens with zero attached hydrogens (tertiary/aromatic N) is 2. The van der Waals surface area contributed by atoms with Gasteiger partial charge in [-0.05, 0) is 24.1 Å². The maximum absolute atomic E-state index is 11.2. The molecule has 0 saturated carbocycles. The highest BCUT2D eigenvalue weighted by Gasteiger charge is 2.15. The van der Waals surface area contributed by atoms with E-state index < -0.39 is 5.97 Å². The molecule has 3 aromatic rings. The van der Waals surface area contributed by atoms with E-state index in [1.54, 1.807) is 0 Å². The topological polar surface area (TPSA) is 43.6 Å². The highest BCUT2D eigenvalue weighted by molar-refractivity contribution is 6.19. The number of aromatic nitrogens is 1. The molecule has 24 heavy (non-hydrogen) atoms. The van der Waals surface area contributed by atoms with Crippen LogP contribution in [-0.2, 0) is 23.1 Å². The molecule has 0 spiro atoms. The highest BCUT2D eigenvalue weighted by atomic mass is 16.7. The van der Waals surface area contributed by atoms with E-state index in [2.05, 4.69) is 34.8 Å². The maximum atomic E-state index is 11.2. The van der Waals surface area contributed by atoms with Crippen molar-refractivity contribution in [3.05, 3.63) is 71.4 Å². The number of carbonyl (C=O) groups excluding carboxylic acids is 1. The molecule has 1 heterocycles. The fourth-order valence-electron chi connectivity index (χ4n) is 2.81. The fourth-order valence-corrected chi connectivity index (χ4v) is 2.81. The molecule has 0 atom stereocenters. The Hall–Kier alpha value is -2.88. The van der Waals surface area contributed by atoms with E-state index in [4.69, 9.17) is 4.84 Å². The molecule has 0 fully saturated rings. The number of hydrogen-bond acceptors (Lipinski definition) is 3. The first-order valence-corrected chi connectivity index (χ1v) is 7.99. The number of oxime groups is 1. The van der Waals surface area contributed by atoms with Crippen molar-refractivity contribution in [3.8, 4) is 0 Å². The number of carbonyl (C=O) groups is 1. The summed E-state index contributed by atoms with van der Waals surface area (Å²) in [6.07, 6.45) is 2.99. The van der Waals surface area contributed by atoms with E-state index in [9.17, 15) is 4.79 Å². The molecule has 1 aromatic heterocycles. The Morgan fingerprint density at radius 2 is 1.92 bits per heavy atom. The molecule has 0 aliphatic heterocycles. The van der Waals surface area contributed by atoms with Gasteiger partial charge in [-0.25, -0.2) is 4.79 Å². The van der Waals surface area contributed by atoms with Crippen molar-refractivity contribution < 1.29 is 9.63 Å². The van der Waals surface area contributed by atoms with Gasteiger partial charge in [0.05, 0.1) is 0 Å². The van der Waals surface area contributed by atoms with Gasteiger partial charge in [-0.1, -0.05) is 48.5 Å². The van der Waals surface area contributed by atoms with Gasteiger partial charge in [0.15, 0.2) is 0 Å². The SMILES string of the molecule is CCc1ccc2c(c1)c(/C(=N/OC(C)=O)c1ccccc1)cn2C. The Balaban J connectivity index is 2.23. The minimum absolute atomic E-state index is 0.432. The quantitative estimate of drug-likeness (QED) is 0.413. The molecule has 0 bridgehead atoms. The first-order chi connectivity index (χ1) is 11.6. The zero-order valence-corrected chi connectivity index (χ0v) is 14.1. The predicted octanol–water partition coefficient (Wildman–Crippen LogP) is 4.06. The zero-order chi connectivity index (χ0) is 17.1. The van der Waals surface area contributed by atoms with Crippen LogP contribution in [-0.4, -0.2) is 16.2 Å². The number of rotatable bonds is 4. The summed E-state index contributed by atoms with van der Waals surface area (Å²) in [6, 6.07) is 16.2. The molecule has 4 nitrogen and oxygen atoms in total. The molecule has 0 amide bonds. The third-order valence-corrected chi connectivity index (χ3v) is 4.03. The molecule has 0 radical (unpaired) electrons. The van der Waals surface area contributed by atoms with E-state index in [1.165, 1.54) is 12.5 Å². The lowest BCUT2D eigenvalue weighted by Crippen LogP contribution is -2.05. The van der Waals surface area contributed by atoms with Crippen LogP contribution < -0.4 is 0 Å². The second-order valence-electron chi connectivity index (χ2n) is 5.75. The Labute approximate surface area is 141 Å². The monoisotopic (exact) mass is 320 g/mol. The summed E-state index contributed by atoms with van der Waals surface area (Å²) in [6.45, 7) is 3.49. The smallest absolute Gasteiger partial charge is 0.332 e. The van der Waals surface area contributed by atoms with E-state index in [0.29, 0.717) is 5.71 Å². The first kappa shape index (κ1) is 16.0. The van der Waals surface area contributed by atoms with Crippen molar-refractivity contribution >= 4 is 22.6 Å². The molecule has 0 N–H and O–H groups in total. The molecule has 0 unspecified atom stereocenters. The van der Waals surface area contributed by atoms with Crippen molar-refractivity contribution in [2.45, 2.75) is 20.3 Å². The summed E-state index contributed by atoms with van der Waals surface area (Å²) in [5.41, 5.74) is 4.90. The van der Waals surface area contributed by atoms with Gasteiger partial charge in [0.25, 0.3) is 0 Å². The number of fused-ring (bicyclic) bond motifs is 1. The van der Waals surface area contributed by atoms with Crippen molar-refractivity contribution in [1.29, 1.82) is 0 Å². The van der Waals surface area contributed by atoms with Gasteiger partial charge in [0, 0.05) is 42.2 Å². The number of hydrogen-bond donors (Lipinski definition) is 0. The van der Waals surface area contributed by atoms with Crippen molar-refractivity contribution in [2.75, 3.05) is 0 Å². The second kappa shape index (κ2) is 6.71. The molecule has 0 aliphatic carbocycles. The van der Waals surface area contributed by atoms with Crippen molar-refractivity contribution in [2.24, 2.45) is 12.2 Å². The lowest BCUT2D eigenvalue weighted by Gasteiger charge is -2.06. The minimum atomic E-state index is -0.432.